The van der Waals surface area contributed by atoms with E-state index in [-0.39, 0.29) is 29.0 Å². The Kier molecular flexibility index (Phi) is 6.88. The van der Waals surface area contributed by atoms with Gasteiger partial charge in [-0.2, -0.15) is 4.31 Å². The monoisotopic (exact) mass is 473 g/mol. The molecule has 170 valence electrons. The van der Waals surface area contributed by atoms with E-state index in [9.17, 15) is 18.0 Å². The molecule has 0 spiro atoms. The van der Waals surface area contributed by atoms with Gasteiger partial charge in [-0.05, 0) is 55.2 Å². The minimum absolute atomic E-state index is 0.161. The number of benzene rings is 2. The molecule has 32 heavy (non-hydrogen) atoms. The number of piperidine rings is 1. The molecule has 2 heterocycles. The lowest BCUT2D eigenvalue weighted by Crippen LogP contribution is -2.41. The van der Waals surface area contributed by atoms with Gasteiger partial charge in [-0.1, -0.05) is 25.5 Å². The summed E-state index contributed by atoms with van der Waals surface area (Å²) in [5.74, 6) is -0.333. The van der Waals surface area contributed by atoms with Gasteiger partial charge in [0.25, 0.3) is 0 Å². The molecule has 0 aromatic heterocycles. The third kappa shape index (κ3) is 4.84. The number of thioether (sulfide) groups is 1. The summed E-state index contributed by atoms with van der Waals surface area (Å²) < 4.78 is 27.7. The van der Waals surface area contributed by atoms with Crippen molar-refractivity contribution in [2.45, 2.75) is 42.4 Å². The number of nitrogens with zero attached hydrogens (tertiary/aromatic N) is 2. The first-order valence-electron chi connectivity index (χ1n) is 10.8. The van der Waals surface area contributed by atoms with Crippen LogP contribution in [0.3, 0.4) is 0 Å². The standard InChI is InChI=1S/C23H27N3O4S2/c1-2-17-6-8-18(9-7-17)24-22(27)15-26-20-14-19(10-11-21(20)31-16-23(26)28)32(29,30)25-12-4-3-5-13-25/h6-11,14H,2-5,12-13,15-16H2,1H3,(H,24,27). The third-order valence-electron chi connectivity index (χ3n) is 5.77. The molecule has 2 aliphatic rings. The van der Waals surface area contributed by atoms with Crippen molar-refractivity contribution >= 4 is 45.0 Å². The molecule has 2 aromatic carbocycles. The molecule has 2 aromatic rings. The van der Waals surface area contributed by atoms with Crippen molar-refractivity contribution in [1.82, 2.24) is 4.31 Å². The lowest BCUT2D eigenvalue weighted by Gasteiger charge is -2.30. The molecule has 1 saturated heterocycles. The summed E-state index contributed by atoms with van der Waals surface area (Å²) in [5, 5.41) is 2.82. The summed E-state index contributed by atoms with van der Waals surface area (Å²) in [6, 6.07) is 12.4. The Balaban J connectivity index is 1.55. The summed E-state index contributed by atoms with van der Waals surface area (Å²) in [4.78, 5) is 27.7. The van der Waals surface area contributed by atoms with Crippen molar-refractivity contribution in [2.24, 2.45) is 0 Å². The Bertz CT molecular complexity index is 1110. The number of anilines is 2. The first kappa shape index (κ1) is 22.8. The molecular formula is C23H27N3O4S2. The van der Waals surface area contributed by atoms with Crippen molar-refractivity contribution in [3.05, 3.63) is 48.0 Å². The number of carbonyl (C=O) groups is 2. The topological polar surface area (TPSA) is 86.8 Å². The Hall–Kier alpha value is -2.36. The number of nitrogens with one attached hydrogen (secondary N) is 1. The van der Waals surface area contributed by atoms with Crippen LogP contribution >= 0.6 is 11.8 Å². The van der Waals surface area contributed by atoms with Crippen molar-refractivity contribution in [3.63, 3.8) is 0 Å². The fourth-order valence-corrected chi connectivity index (χ4v) is 6.39. The normalized spacial score (nSPS) is 17.2. The van der Waals surface area contributed by atoms with Crippen LogP contribution in [-0.2, 0) is 26.0 Å². The number of amides is 2. The van der Waals surface area contributed by atoms with E-state index in [0.29, 0.717) is 24.5 Å². The van der Waals surface area contributed by atoms with Crippen LogP contribution in [-0.4, -0.2) is 49.9 Å². The highest BCUT2D eigenvalue weighted by atomic mass is 32.2. The number of hydrogen-bond donors (Lipinski definition) is 1. The van der Waals surface area contributed by atoms with E-state index in [4.69, 9.17) is 0 Å². The van der Waals surface area contributed by atoms with Crippen molar-refractivity contribution in [1.29, 1.82) is 0 Å². The molecule has 0 bridgehead atoms. The van der Waals surface area contributed by atoms with Crippen LogP contribution in [0.1, 0.15) is 31.7 Å². The smallest absolute Gasteiger partial charge is 0.244 e. The van der Waals surface area contributed by atoms with Gasteiger partial charge in [-0.15, -0.1) is 11.8 Å². The lowest BCUT2D eigenvalue weighted by atomic mass is 10.1. The second kappa shape index (κ2) is 9.64. The average molecular weight is 474 g/mol. The van der Waals surface area contributed by atoms with Crippen LogP contribution in [0.25, 0.3) is 0 Å². The molecule has 0 unspecified atom stereocenters. The lowest BCUT2D eigenvalue weighted by molar-refractivity contribution is -0.120. The van der Waals surface area contributed by atoms with Crippen LogP contribution in [0.5, 0.6) is 0 Å². The van der Waals surface area contributed by atoms with Crippen LogP contribution in [0, 0.1) is 0 Å². The number of hydrogen-bond acceptors (Lipinski definition) is 5. The van der Waals surface area contributed by atoms with Gasteiger partial charge in [0.2, 0.25) is 21.8 Å². The highest BCUT2D eigenvalue weighted by Crippen LogP contribution is 2.37. The molecule has 2 amide bonds. The number of aryl methyl sites for hydroxylation is 1. The third-order valence-corrected chi connectivity index (χ3v) is 8.72. The summed E-state index contributed by atoms with van der Waals surface area (Å²) in [6.45, 7) is 2.91. The Morgan fingerprint density at radius 2 is 1.78 bits per heavy atom. The Morgan fingerprint density at radius 3 is 2.47 bits per heavy atom. The SMILES string of the molecule is CCc1ccc(NC(=O)CN2C(=O)CSc3ccc(S(=O)(=O)N4CCCCC4)cc32)cc1. The predicted molar refractivity (Wildman–Crippen MR) is 127 cm³/mol. The van der Waals surface area contributed by atoms with Crippen LogP contribution in [0.15, 0.2) is 52.3 Å². The molecule has 1 N–H and O–H groups in total. The van der Waals surface area contributed by atoms with E-state index in [1.54, 1.807) is 12.1 Å². The molecule has 0 saturated carbocycles. The maximum Gasteiger partial charge on any atom is 0.244 e. The minimum atomic E-state index is -3.63. The zero-order valence-corrected chi connectivity index (χ0v) is 19.7. The van der Waals surface area contributed by atoms with Gasteiger partial charge in [0, 0.05) is 23.7 Å². The molecule has 1 fully saturated rings. The molecule has 9 heteroatoms. The van der Waals surface area contributed by atoms with Gasteiger partial charge >= 0.3 is 0 Å². The van der Waals surface area contributed by atoms with E-state index < -0.39 is 10.0 Å². The second-order valence-corrected chi connectivity index (χ2v) is 10.9. The first-order chi connectivity index (χ1) is 15.4. The Morgan fingerprint density at radius 1 is 1.06 bits per heavy atom. The van der Waals surface area contributed by atoms with Crippen molar-refractivity contribution in [2.75, 3.05) is 35.6 Å². The maximum absolute atomic E-state index is 13.1. The maximum atomic E-state index is 13.1. The van der Waals surface area contributed by atoms with Crippen molar-refractivity contribution in [3.8, 4) is 0 Å². The first-order valence-corrected chi connectivity index (χ1v) is 13.3. The van der Waals surface area contributed by atoms with Gasteiger partial charge in [0.15, 0.2) is 0 Å². The van der Waals surface area contributed by atoms with Gasteiger partial charge in [0.05, 0.1) is 16.3 Å². The molecule has 0 atom stereocenters. The fourth-order valence-electron chi connectivity index (χ4n) is 3.94. The van der Waals surface area contributed by atoms with E-state index in [2.05, 4.69) is 12.2 Å². The fraction of sp³-hybridized carbons (Fsp3) is 0.391. The van der Waals surface area contributed by atoms with E-state index in [1.807, 2.05) is 24.3 Å². The van der Waals surface area contributed by atoms with Crippen LogP contribution < -0.4 is 10.2 Å². The zero-order chi connectivity index (χ0) is 22.7. The minimum Gasteiger partial charge on any atom is -0.325 e. The quantitative estimate of drug-likeness (QED) is 0.694. The number of fused-ring (bicyclic) bond motifs is 1. The number of carbonyl (C=O) groups excluding carboxylic acids is 2. The second-order valence-electron chi connectivity index (χ2n) is 7.96. The molecule has 0 radical (unpaired) electrons. The predicted octanol–water partition coefficient (Wildman–Crippen LogP) is 3.50. The average Bonchev–Trinajstić information content (AvgIpc) is 2.81. The number of sulfonamides is 1. The largest absolute Gasteiger partial charge is 0.325 e. The highest BCUT2D eigenvalue weighted by Gasteiger charge is 2.31. The molecular weight excluding hydrogens is 446 g/mol. The van der Waals surface area contributed by atoms with Gasteiger partial charge < -0.3 is 10.2 Å². The number of rotatable bonds is 6. The Labute approximate surface area is 193 Å². The highest BCUT2D eigenvalue weighted by molar-refractivity contribution is 8.00. The summed E-state index contributed by atoms with van der Waals surface area (Å²) in [7, 11) is -3.63. The van der Waals surface area contributed by atoms with Gasteiger partial charge in [-0.3, -0.25) is 9.59 Å². The van der Waals surface area contributed by atoms with E-state index in [1.165, 1.54) is 32.6 Å². The van der Waals surface area contributed by atoms with E-state index >= 15 is 0 Å². The van der Waals surface area contributed by atoms with Crippen LogP contribution in [0.2, 0.25) is 0 Å². The molecule has 0 aliphatic carbocycles. The van der Waals surface area contributed by atoms with Crippen molar-refractivity contribution < 1.29 is 18.0 Å². The van der Waals surface area contributed by atoms with Gasteiger partial charge in [-0.25, -0.2) is 8.42 Å². The molecule has 7 nitrogen and oxygen atoms in total. The van der Waals surface area contributed by atoms with Crippen LogP contribution in [0.4, 0.5) is 11.4 Å². The van der Waals surface area contributed by atoms with E-state index in [0.717, 1.165) is 30.6 Å². The molecule has 4 rings (SSSR count). The summed E-state index contributed by atoms with van der Waals surface area (Å²) in [6.07, 6.45) is 3.65. The van der Waals surface area contributed by atoms with Gasteiger partial charge in [0.1, 0.15) is 6.54 Å². The summed E-state index contributed by atoms with van der Waals surface area (Å²) in [5.41, 5.74) is 2.30. The zero-order valence-electron chi connectivity index (χ0n) is 18.0. The summed E-state index contributed by atoms with van der Waals surface area (Å²) >= 11 is 1.36. The molecule has 2 aliphatic heterocycles.